The number of sulfonamides is 1. The van der Waals surface area contributed by atoms with Crippen LogP contribution in [-0.2, 0) is 19.6 Å². The molecule has 0 bridgehead atoms. The maximum absolute atomic E-state index is 12.1. The lowest BCUT2D eigenvalue weighted by Gasteiger charge is -2.16. The number of aryl methyl sites for hydroxylation is 2. The first kappa shape index (κ1) is 21.6. The molecule has 0 saturated heterocycles. The Balaban J connectivity index is 1.79. The average molecular weight is 404 g/mol. The molecule has 3 N–H and O–H groups in total. The summed E-state index contributed by atoms with van der Waals surface area (Å²) in [4.78, 5) is 24.0. The maximum atomic E-state index is 12.1. The standard InChI is InChI=1S/C20H25N3O4S/c1-14-8-10-17(11-9-14)28(26,27)22-13-19(24)21-12-20(25)23-16(3)18-7-5-4-6-15(18)2/h4-11,16,22H,12-13H2,1-3H3,(H,21,24)(H,23,25). The SMILES string of the molecule is Cc1ccc(S(=O)(=O)NCC(=O)NCC(=O)NC(C)c2ccccc2C)cc1. The zero-order valence-electron chi connectivity index (χ0n) is 16.2. The van der Waals surface area contributed by atoms with Gasteiger partial charge in [0.05, 0.1) is 24.0 Å². The quantitative estimate of drug-likeness (QED) is 0.622. The van der Waals surface area contributed by atoms with E-state index in [1.807, 2.05) is 45.0 Å². The number of benzene rings is 2. The van der Waals surface area contributed by atoms with E-state index in [0.717, 1.165) is 16.7 Å². The molecule has 0 heterocycles. The summed E-state index contributed by atoms with van der Waals surface area (Å²) in [5, 5.41) is 5.21. The van der Waals surface area contributed by atoms with Gasteiger partial charge in [0.15, 0.2) is 0 Å². The van der Waals surface area contributed by atoms with E-state index < -0.39 is 22.5 Å². The van der Waals surface area contributed by atoms with Gasteiger partial charge in [0, 0.05) is 0 Å². The molecule has 0 radical (unpaired) electrons. The number of nitrogens with one attached hydrogen (secondary N) is 3. The van der Waals surface area contributed by atoms with Crippen LogP contribution in [0.1, 0.15) is 29.7 Å². The Morgan fingerprint density at radius 3 is 2.21 bits per heavy atom. The number of hydrogen-bond donors (Lipinski definition) is 3. The van der Waals surface area contributed by atoms with Crippen LogP contribution in [-0.4, -0.2) is 33.3 Å². The highest BCUT2D eigenvalue weighted by Gasteiger charge is 2.16. The Hall–Kier alpha value is -2.71. The third-order valence-corrected chi connectivity index (χ3v) is 5.65. The van der Waals surface area contributed by atoms with Gasteiger partial charge in [0.25, 0.3) is 0 Å². The predicted octanol–water partition coefficient (Wildman–Crippen LogP) is 1.58. The van der Waals surface area contributed by atoms with Gasteiger partial charge in [-0.3, -0.25) is 9.59 Å². The van der Waals surface area contributed by atoms with Crippen LogP contribution < -0.4 is 15.4 Å². The normalized spacial score (nSPS) is 12.2. The van der Waals surface area contributed by atoms with Gasteiger partial charge in [-0.05, 0) is 44.0 Å². The topological polar surface area (TPSA) is 104 Å². The van der Waals surface area contributed by atoms with Crippen molar-refractivity contribution in [3.05, 3.63) is 65.2 Å². The van der Waals surface area contributed by atoms with Crippen LogP contribution in [0.5, 0.6) is 0 Å². The number of rotatable bonds is 8. The van der Waals surface area contributed by atoms with Crippen molar-refractivity contribution in [1.82, 2.24) is 15.4 Å². The fourth-order valence-corrected chi connectivity index (χ4v) is 3.63. The van der Waals surface area contributed by atoms with Crippen molar-refractivity contribution in [1.29, 1.82) is 0 Å². The predicted molar refractivity (Wildman–Crippen MR) is 107 cm³/mol. The van der Waals surface area contributed by atoms with Gasteiger partial charge in [0.1, 0.15) is 0 Å². The Morgan fingerprint density at radius 1 is 0.929 bits per heavy atom. The molecule has 1 unspecified atom stereocenters. The third kappa shape index (κ3) is 6.17. The molecule has 0 spiro atoms. The van der Waals surface area contributed by atoms with Crippen molar-refractivity contribution in [2.75, 3.05) is 13.1 Å². The summed E-state index contributed by atoms with van der Waals surface area (Å²) in [6.45, 7) is 4.98. The molecule has 2 aromatic rings. The van der Waals surface area contributed by atoms with Crippen LogP contribution >= 0.6 is 0 Å². The Labute approximate surface area is 165 Å². The van der Waals surface area contributed by atoms with E-state index in [1.165, 1.54) is 12.1 Å². The van der Waals surface area contributed by atoms with Crippen molar-refractivity contribution in [3.8, 4) is 0 Å². The zero-order valence-corrected chi connectivity index (χ0v) is 17.0. The van der Waals surface area contributed by atoms with Crippen LogP contribution in [0.4, 0.5) is 0 Å². The molecule has 2 aromatic carbocycles. The summed E-state index contributed by atoms with van der Waals surface area (Å²) in [5.74, 6) is -0.945. The Morgan fingerprint density at radius 2 is 1.57 bits per heavy atom. The van der Waals surface area contributed by atoms with Crippen LogP contribution in [0.25, 0.3) is 0 Å². The lowest BCUT2D eigenvalue weighted by molar-refractivity contribution is -0.125. The van der Waals surface area contributed by atoms with Crippen LogP contribution in [0.15, 0.2) is 53.4 Å². The molecule has 8 heteroatoms. The number of hydrogen-bond acceptors (Lipinski definition) is 4. The van der Waals surface area contributed by atoms with E-state index >= 15 is 0 Å². The lowest BCUT2D eigenvalue weighted by atomic mass is 10.0. The fraction of sp³-hybridized carbons (Fsp3) is 0.300. The zero-order chi connectivity index (χ0) is 20.7. The molecule has 0 fully saturated rings. The first-order valence-electron chi connectivity index (χ1n) is 8.87. The van der Waals surface area contributed by atoms with Gasteiger partial charge < -0.3 is 10.6 Å². The highest BCUT2D eigenvalue weighted by molar-refractivity contribution is 7.89. The third-order valence-electron chi connectivity index (χ3n) is 4.23. The molecule has 0 aliphatic carbocycles. The molecule has 0 aliphatic rings. The molecule has 1 atom stereocenters. The van der Waals surface area contributed by atoms with Crippen LogP contribution in [0.3, 0.4) is 0 Å². The van der Waals surface area contributed by atoms with Gasteiger partial charge in [-0.25, -0.2) is 13.1 Å². The summed E-state index contributed by atoms with van der Waals surface area (Å²) in [5.41, 5.74) is 2.99. The summed E-state index contributed by atoms with van der Waals surface area (Å²) in [7, 11) is -3.78. The number of carbonyl (C=O) groups excluding carboxylic acids is 2. The van der Waals surface area contributed by atoms with Crippen molar-refractivity contribution >= 4 is 21.8 Å². The van der Waals surface area contributed by atoms with E-state index in [2.05, 4.69) is 15.4 Å². The van der Waals surface area contributed by atoms with E-state index in [1.54, 1.807) is 12.1 Å². The van der Waals surface area contributed by atoms with Gasteiger partial charge in [0.2, 0.25) is 21.8 Å². The summed E-state index contributed by atoms with van der Waals surface area (Å²) in [6, 6.07) is 13.8. The Kier molecular flexibility index (Phi) is 7.31. The molecule has 150 valence electrons. The average Bonchev–Trinajstić information content (AvgIpc) is 2.65. The van der Waals surface area contributed by atoms with Crippen LogP contribution in [0, 0.1) is 13.8 Å². The highest BCUT2D eigenvalue weighted by Crippen LogP contribution is 2.16. The van der Waals surface area contributed by atoms with E-state index in [9.17, 15) is 18.0 Å². The molecular weight excluding hydrogens is 378 g/mol. The molecule has 2 amide bonds. The summed E-state index contributed by atoms with van der Waals surface area (Å²) < 4.78 is 26.5. The highest BCUT2D eigenvalue weighted by atomic mass is 32.2. The minimum atomic E-state index is -3.78. The number of amides is 2. The first-order chi connectivity index (χ1) is 13.2. The second-order valence-corrected chi connectivity index (χ2v) is 8.33. The van der Waals surface area contributed by atoms with E-state index in [4.69, 9.17) is 0 Å². The van der Waals surface area contributed by atoms with E-state index in [-0.39, 0.29) is 23.4 Å². The smallest absolute Gasteiger partial charge is 0.241 e. The minimum Gasteiger partial charge on any atom is -0.348 e. The molecule has 2 rings (SSSR count). The molecule has 0 aliphatic heterocycles. The van der Waals surface area contributed by atoms with Gasteiger partial charge in [-0.15, -0.1) is 0 Å². The molecule has 0 aromatic heterocycles. The maximum Gasteiger partial charge on any atom is 0.241 e. The molecule has 28 heavy (non-hydrogen) atoms. The van der Waals surface area contributed by atoms with Crippen molar-refractivity contribution < 1.29 is 18.0 Å². The second-order valence-electron chi connectivity index (χ2n) is 6.56. The largest absolute Gasteiger partial charge is 0.348 e. The van der Waals surface area contributed by atoms with Gasteiger partial charge >= 0.3 is 0 Å². The summed E-state index contributed by atoms with van der Waals surface area (Å²) in [6.07, 6.45) is 0. The lowest BCUT2D eigenvalue weighted by Crippen LogP contribution is -2.42. The molecule has 7 nitrogen and oxygen atoms in total. The number of carbonyl (C=O) groups is 2. The van der Waals surface area contributed by atoms with Gasteiger partial charge in [-0.2, -0.15) is 0 Å². The Bertz CT molecular complexity index is 940. The summed E-state index contributed by atoms with van der Waals surface area (Å²) >= 11 is 0. The van der Waals surface area contributed by atoms with Gasteiger partial charge in [-0.1, -0.05) is 42.0 Å². The van der Waals surface area contributed by atoms with Crippen LogP contribution in [0.2, 0.25) is 0 Å². The monoisotopic (exact) mass is 403 g/mol. The fourth-order valence-electron chi connectivity index (χ4n) is 2.65. The minimum absolute atomic E-state index is 0.0794. The first-order valence-corrected chi connectivity index (χ1v) is 10.4. The van der Waals surface area contributed by atoms with Crippen molar-refractivity contribution in [2.45, 2.75) is 31.7 Å². The molecular formula is C20H25N3O4S. The van der Waals surface area contributed by atoms with Crippen molar-refractivity contribution in [2.24, 2.45) is 0 Å². The second kappa shape index (κ2) is 9.48. The van der Waals surface area contributed by atoms with E-state index in [0.29, 0.717) is 0 Å². The van der Waals surface area contributed by atoms with Crippen molar-refractivity contribution in [3.63, 3.8) is 0 Å². The molecule has 0 saturated carbocycles.